The summed E-state index contributed by atoms with van der Waals surface area (Å²) in [5.41, 5.74) is 1.41. The summed E-state index contributed by atoms with van der Waals surface area (Å²) in [4.78, 5) is 29.8. The number of rotatable bonds is 5. The van der Waals surface area contributed by atoms with Crippen LogP contribution >= 0.6 is 0 Å². The number of ketones is 1. The van der Waals surface area contributed by atoms with Crippen molar-refractivity contribution in [3.63, 3.8) is 0 Å². The SMILES string of the molecule is C[C@H]1Cc2cc(/C(O)=C3\C(=O)C(=O)N(CCN4CCOCC4)[C@H]3c3ccccc3F)ccc2O1. The maximum Gasteiger partial charge on any atom is 0.295 e. The highest BCUT2D eigenvalue weighted by molar-refractivity contribution is 6.46. The van der Waals surface area contributed by atoms with Crippen molar-refractivity contribution >= 4 is 17.4 Å². The fraction of sp³-hybridized carbons (Fsp3) is 0.385. The second-order valence-corrected chi connectivity index (χ2v) is 8.92. The molecule has 2 saturated heterocycles. The molecule has 0 aromatic heterocycles. The number of ether oxygens (including phenoxy) is 2. The van der Waals surface area contributed by atoms with Gasteiger partial charge in [0.1, 0.15) is 23.4 Å². The van der Waals surface area contributed by atoms with E-state index >= 15 is 0 Å². The standard InChI is InChI=1S/C26H27FN2O5/c1-16-14-18-15-17(6-7-21(18)34-16)24(30)22-23(19-4-2-3-5-20(19)27)29(26(32)25(22)31)9-8-28-10-12-33-13-11-28/h2-7,15-16,23,30H,8-14H2,1H3/b24-22+/t16-,23-/m0/s1. The van der Waals surface area contributed by atoms with E-state index in [-0.39, 0.29) is 29.5 Å². The highest BCUT2D eigenvalue weighted by atomic mass is 19.1. The number of halogens is 1. The van der Waals surface area contributed by atoms with E-state index in [4.69, 9.17) is 9.47 Å². The first-order chi connectivity index (χ1) is 16.4. The fourth-order valence-corrected chi connectivity index (χ4v) is 4.93. The predicted octanol–water partition coefficient (Wildman–Crippen LogP) is 2.90. The number of nitrogens with zero attached hydrogens (tertiary/aromatic N) is 2. The highest BCUT2D eigenvalue weighted by Crippen LogP contribution is 2.41. The van der Waals surface area contributed by atoms with Crippen LogP contribution in [-0.4, -0.2) is 72.1 Å². The summed E-state index contributed by atoms with van der Waals surface area (Å²) >= 11 is 0. The van der Waals surface area contributed by atoms with Crippen LogP contribution < -0.4 is 4.74 Å². The molecule has 0 bridgehead atoms. The third-order valence-corrected chi connectivity index (χ3v) is 6.67. The molecule has 0 spiro atoms. The Balaban J connectivity index is 1.54. The quantitative estimate of drug-likeness (QED) is 0.415. The lowest BCUT2D eigenvalue weighted by Crippen LogP contribution is -2.42. The molecule has 3 aliphatic heterocycles. The lowest BCUT2D eigenvalue weighted by molar-refractivity contribution is -0.140. The van der Waals surface area contributed by atoms with Gasteiger partial charge in [-0.05, 0) is 36.8 Å². The summed E-state index contributed by atoms with van der Waals surface area (Å²) < 4.78 is 26.0. The van der Waals surface area contributed by atoms with E-state index in [1.807, 2.05) is 6.92 Å². The number of aliphatic hydroxyl groups excluding tert-OH is 1. The molecule has 3 heterocycles. The molecule has 2 fully saturated rings. The van der Waals surface area contributed by atoms with Gasteiger partial charge >= 0.3 is 0 Å². The number of carbonyl (C=O) groups is 2. The average molecular weight is 467 g/mol. The number of carbonyl (C=O) groups excluding carboxylic acids is 2. The van der Waals surface area contributed by atoms with Gasteiger partial charge < -0.3 is 19.5 Å². The van der Waals surface area contributed by atoms with Gasteiger partial charge in [-0.25, -0.2) is 4.39 Å². The molecule has 0 aliphatic carbocycles. The monoisotopic (exact) mass is 466 g/mol. The van der Waals surface area contributed by atoms with Crippen molar-refractivity contribution in [3.8, 4) is 5.75 Å². The van der Waals surface area contributed by atoms with Crippen molar-refractivity contribution in [2.45, 2.75) is 25.5 Å². The summed E-state index contributed by atoms with van der Waals surface area (Å²) in [6.45, 7) is 5.38. The van der Waals surface area contributed by atoms with E-state index in [1.165, 1.54) is 11.0 Å². The van der Waals surface area contributed by atoms with E-state index in [0.717, 1.165) is 24.4 Å². The van der Waals surface area contributed by atoms with Gasteiger partial charge in [0, 0.05) is 43.7 Å². The molecule has 2 atom stereocenters. The Morgan fingerprint density at radius 3 is 2.65 bits per heavy atom. The Kier molecular flexibility index (Phi) is 6.10. The summed E-state index contributed by atoms with van der Waals surface area (Å²) in [6, 6.07) is 10.2. The van der Waals surface area contributed by atoms with Gasteiger partial charge in [0.05, 0.1) is 24.8 Å². The minimum absolute atomic E-state index is 0.0246. The van der Waals surface area contributed by atoms with Crippen LogP contribution in [0.2, 0.25) is 0 Å². The van der Waals surface area contributed by atoms with Crippen LogP contribution in [0.3, 0.4) is 0 Å². The lowest BCUT2D eigenvalue weighted by Gasteiger charge is -2.31. The van der Waals surface area contributed by atoms with E-state index in [1.54, 1.807) is 36.4 Å². The molecule has 8 heteroatoms. The van der Waals surface area contributed by atoms with Crippen LogP contribution in [-0.2, 0) is 20.7 Å². The van der Waals surface area contributed by atoms with Crippen molar-refractivity contribution in [2.75, 3.05) is 39.4 Å². The van der Waals surface area contributed by atoms with Crippen molar-refractivity contribution in [2.24, 2.45) is 0 Å². The molecule has 2 aromatic rings. The number of morpholine rings is 1. The first-order valence-corrected chi connectivity index (χ1v) is 11.6. The summed E-state index contributed by atoms with van der Waals surface area (Å²) in [5, 5.41) is 11.3. The molecular weight excluding hydrogens is 439 g/mol. The van der Waals surface area contributed by atoms with E-state index in [9.17, 15) is 19.1 Å². The van der Waals surface area contributed by atoms with E-state index < -0.39 is 23.5 Å². The van der Waals surface area contributed by atoms with Crippen LogP contribution in [0.15, 0.2) is 48.0 Å². The van der Waals surface area contributed by atoms with Gasteiger partial charge in [0.2, 0.25) is 0 Å². The lowest BCUT2D eigenvalue weighted by atomic mass is 9.94. The summed E-state index contributed by atoms with van der Waals surface area (Å²) in [6.07, 6.45) is 0.706. The highest BCUT2D eigenvalue weighted by Gasteiger charge is 2.47. The molecule has 7 nitrogen and oxygen atoms in total. The minimum atomic E-state index is -1.01. The molecule has 1 amide bonds. The maximum absolute atomic E-state index is 14.9. The predicted molar refractivity (Wildman–Crippen MR) is 123 cm³/mol. The van der Waals surface area contributed by atoms with Gasteiger partial charge in [-0.3, -0.25) is 14.5 Å². The van der Waals surface area contributed by atoms with Crippen LogP contribution in [0.4, 0.5) is 4.39 Å². The molecule has 2 aromatic carbocycles. The van der Waals surface area contributed by atoms with Crippen LogP contribution in [0, 0.1) is 5.82 Å². The normalized spacial score (nSPS) is 24.4. The molecule has 0 saturated carbocycles. The molecular formula is C26H27FN2O5. The molecule has 0 unspecified atom stereocenters. The number of fused-ring (bicyclic) bond motifs is 1. The molecule has 3 aliphatic rings. The van der Waals surface area contributed by atoms with Crippen molar-refractivity contribution in [1.29, 1.82) is 0 Å². The van der Waals surface area contributed by atoms with E-state index in [2.05, 4.69) is 4.90 Å². The van der Waals surface area contributed by atoms with Gasteiger partial charge in [0.15, 0.2) is 0 Å². The zero-order chi connectivity index (χ0) is 23.8. The second-order valence-electron chi connectivity index (χ2n) is 8.92. The summed E-state index contributed by atoms with van der Waals surface area (Å²) in [7, 11) is 0. The zero-order valence-corrected chi connectivity index (χ0v) is 19.0. The molecule has 1 N–H and O–H groups in total. The van der Waals surface area contributed by atoms with Gasteiger partial charge in [-0.15, -0.1) is 0 Å². The van der Waals surface area contributed by atoms with Gasteiger partial charge in [-0.1, -0.05) is 18.2 Å². The zero-order valence-electron chi connectivity index (χ0n) is 19.0. The number of hydrogen-bond donors (Lipinski definition) is 1. The summed E-state index contributed by atoms with van der Waals surface area (Å²) in [5.74, 6) is -1.64. The van der Waals surface area contributed by atoms with Crippen LogP contribution in [0.1, 0.15) is 29.7 Å². The topological polar surface area (TPSA) is 79.3 Å². The number of amides is 1. The smallest absolute Gasteiger partial charge is 0.295 e. The molecule has 5 rings (SSSR count). The van der Waals surface area contributed by atoms with Crippen LogP contribution in [0.25, 0.3) is 5.76 Å². The minimum Gasteiger partial charge on any atom is -0.507 e. The third-order valence-electron chi connectivity index (χ3n) is 6.67. The molecule has 0 radical (unpaired) electrons. The Morgan fingerprint density at radius 2 is 1.88 bits per heavy atom. The average Bonchev–Trinajstić information content (AvgIpc) is 3.33. The Morgan fingerprint density at radius 1 is 1.12 bits per heavy atom. The Bertz CT molecular complexity index is 1160. The first-order valence-electron chi connectivity index (χ1n) is 11.6. The number of hydrogen-bond acceptors (Lipinski definition) is 6. The Labute approximate surface area is 197 Å². The fourth-order valence-electron chi connectivity index (χ4n) is 4.93. The number of benzene rings is 2. The first kappa shape index (κ1) is 22.6. The number of aliphatic hydroxyl groups is 1. The van der Waals surface area contributed by atoms with Crippen molar-refractivity contribution in [1.82, 2.24) is 9.80 Å². The van der Waals surface area contributed by atoms with Crippen molar-refractivity contribution in [3.05, 3.63) is 70.5 Å². The third kappa shape index (κ3) is 4.08. The number of Topliss-reactive ketones (excluding diaryl/α,β-unsaturated/α-hetero) is 1. The molecule has 178 valence electrons. The van der Waals surface area contributed by atoms with Gasteiger partial charge in [-0.2, -0.15) is 0 Å². The van der Waals surface area contributed by atoms with Crippen LogP contribution in [0.5, 0.6) is 5.75 Å². The Hall–Kier alpha value is -3.23. The molecule has 34 heavy (non-hydrogen) atoms. The maximum atomic E-state index is 14.9. The van der Waals surface area contributed by atoms with Crippen molar-refractivity contribution < 1.29 is 28.6 Å². The number of likely N-dealkylation sites (tertiary alicyclic amines) is 1. The van der Waals surface area contributed by atoms with E-state index in [0.29, 0.717) is 31.7 Å². The van der Waals surface area contributed by atoms with Gasteiger partial charge in [0.25, 0.3) is 11.7 Å². The largest absolute Gasteiger partial charge is 0.507 e. The second kappa shape index (κ2) is 9.19.